The summed E-state index contributed by atoms with van der Waals surface area (Å²) in [6.07, 6.45) is -3.75. The Morgan fingerprint density at radius 1 is 1.05 bits per heavy atom. The second kappa shape index (κ2) is 6.19. The predicted molar refractivity (Wildman–Crippen MR) is 78.3 cm³/mol. The van der Waals surface area contributed by atoms with Gasteiger partial charge in [0.15, 0.2) is 0 Å². The van der Waals surface area contributed by atoms with Gasteiger partial charge in [0.2, 0.25) is 0 Å². The minimum Gasteiger partial charge on any atom is -0.166 e. The minimum atomic E-state index is -4.32. The van der Waals surface area contributed by atoms with Crippen LogP contribution in [0.1, 0.15) is 21.5 Å². The molecule has 0 aliphatic heterocycles. The third-order valence-electron chi connectivity index (χ3n) is 2.88. The molecule has 0 spiro atoms. The van der Waals surface area contributed by atoms with E-state index in [0.717, 1.165) is 11.6 Å². The van der Waals surface area contributed by atoms with Crippen LogP contribution in [0.15, 0.2) is 48.5 Å². The van der Waals surface area contributed by atoms with E-state index in [0.29, 0.717) is 17.0 Å². The van der Waals surface area contributed by atoms with Crippen LogP contribution >= 0.6 is 27.5 Å². The molecule has 0 saturated heterocycles. The van der Waals surface area contributed by atoms with Crippen molar-refractivity contribution < 1.29 is 13.2 Å². The van der Waals surface area contributed by atoms with Gasteiger partial charge in [0.1, 0.15) is 0 Å². The summed E-state index contributed by atoms with van der Waals surface area (Å²) < 4.78 is 38.0. The zero-order valence-electron chi connectivity index (χ0n) is 10.3. The van der Waals surface area contributed by atoms with Crippen LogP contribution < -0.4 is 0 Å². The topological polar surface area (TPSA) is 0 Å². The van der Waals surface area contributed by atoms with E-state index in [-0.39, 0.29) is 4.83 Å². The Labute approximate surface area is 128 Å². The molecular weight excluding hydrogens is 353 g/mol. The van der Waals surface area contributed by atoms with Gasteiger partial charge >= 0.3 is 6.18 Å². The Kier molecular flexibility index (Phi) is 4.76. The molecule has 0 aliphatic carbocycles. The van der Waals surface area contributed by atoms with E-state index >= 15 is 0 Å². The van der Waals surface area contributed by atoms with Crippen LogP contribution in [0.3, 0.4) is 0 Å². The highest BCUT2D eigenvalue weighted by atomic mass is 79.9. The number of rotatable bonds is 3. The summed E-state index contributed by atoms with van der Waals surface area (Å²) in [5.41, 5.74) is 0.933. The van der Waals surface area contributed by atoms with Crippen molar-refractivity contribution in [1.82, 2.24) is 0 Å². The molecule has 0 nitrogen and oxygen atoms in total. The first kappa shape index (κ1) is 15.4. The number of halogens is 5. The highest BCUT2D eigenvalue weighted by Crippen LogP contribution is 2.34. The van der Waals surface area contributed by atoms with Gasteiger partial charge in [0, 0.05) is 9.85 Å². The summed E-state index contributed by atoms with van der Waals surface area (Å²) in [5.74, 6) is 0. The molecule has 0 bridgehead atoms. The van der Waals surface area contributed by atoms with Crippen molar-refractivity contribution in [2.24, 2.45) is 0 Å². The maximum Gasteiger partial charge on any atom is 0.416 e. The maximum absolute atomic E-state index is 12.7. The van der Waals surface area contributed by atoms with E-state index in [4.69, 9.17) is 11.6 Å². The van der Waals surface area contributed by atoms with Crippen LogP contribution in [0.5, 0.6) is 0 Å². The van der Waals surface area contributed by atoms with E-state index in [2.05, 4.69) is 15.9 Å². The van der Waals surface area contributed by atoms with Gasteiger partial charge in [-0.05, 0) is 35.7 Å². The molecule has 1 unspecified atom stereocenters. The first-order valence-electron chi connectivity index (χ1n) is 5.92. The second-order valence-electron chi connectivity index (χ2n) is 4.42. The summed E-state index contributed by atoms with van der Waals surface area (Å²) in [5, 5.41) is 0.617. The van der Waals surface area contributed by atoms with Crippen LogP contribution in [-0.4, -0.2) is 0 Å². The van der Waals surface area contributed by atoms with E-state index in [1.54, 1.807) is 12.1 Å². The van der Waals surface area contributed by atoms with Crippen LogP contribution in [0.2, 0.25) is 5.02 Å². The molecule has 2 aromatic carbocycles. The molecule has 106 valence electrons. The van der Waals surface area contributed by atoms with E-state index in [9.17, 15) is 13.2 Å². The lowest BCUT2D eigenvalue weighted by Gasteiger charge is -2.13. The quantitative estimate of drug-likeness (QED) is 0.583. The summed E-state index contributed by atoms with van der Waals surface area (Å²) in [6.45, 7) is 0. The highest BCUT2D eigenvalue weighted by molar-refractivity contribution is 9.09. The average Bonchev–Trinajstić information content (AvgIpc) is 2.38. The monoisotopic (exact) mass is 362 g/mol. The Morgan fingerprint density at radius 2 is 1.75 bits per heavy atom. The van der Waals surface area contributed by atoms with Gasteiger partial charge < -0.3 is 0 Å². The van der Waals surface area contributed by atoms with Crippen molar-refractivity contribution in [1.29, 1.82) is 0 Å². The lowest BCUT2D eigenvalue weighted by atomic mass is 10.0. The largest absolute Gasteiger partial charge is 0.416 e. The second-order valence-corrected chi connectivity index (χ2v) is 5.97. The van der Waals surface area contributed by atoms with Crippen molar-refractivity contribution in [3.8, 4) is 0 Å². The predicted octanol–water partition coefficient (Wildman–Crippen LogP) is 6.04. The number of hydrogen-bond donors (Lipinski definition) is 0. The maximum atomic E-state index is 12.7. The third kappa shape index (κ3) is 4.00. The van der Waals surface area contributed by atoms with Crippen LogP contribution in [-0.2, 0) is 12.6 Å². The number of hydrogen-bond acceptors (Lipinski definition) is 0. The van der Waals surface area contributed by atoms with Gasteiger partial charge in [-0.2, -0.15) is 13.2 Å². The Balaban J connectivity index is 2.19. The molecule has 2 aromatic rings. The molecule has 0 amide bonds. The normalized spacial score (nSPS) is 13.2. The molecule has 0 aliphatic rings. The molecule has 0 aromatic heterocycles. The Hall–Kier alpha value is -1.00. The van der Waals surface area contributed by atoms with Gasteiger partial charge in [-0.1, -0.05) is 57.9 Å². The standard InChI is InChI=1S/C15H11BrClF3/c16-14(8-10-3-1-6-13(17)7-10)11-4-2-5-12(9-11)15(18,19)20/h1-7,9,14H,8H2. The van der Waals surface area contributed by atoms with Crippen molar-refractivity contribution in [3.05, 3.63) is 70.2 Å². The lowest BCUT2D eigenvalue weighted by Crippen LogP contribution is -2.06. The number of alkyl halides is 4. The van der Waals surface area contributed by atoms with E-state index < -0.39 is 11.7 Å². The molecule has 0 radical (unpaired) electrons. The van der Waals surface area contributed by atoms with Crippen LogP contribution in [0, 0.1) is 0 Å². The molecule has 0 fully saturated rings. The zero-order valence-corrected chi connectivity index (χ0v) is 12.6. The number of benzene rings is 2. The van der Waals surface area contributed by atoms with Crippen molar-refractivity contribution >= 4 is 27.5 Å². The van der Waals surface area contributed by atoms with Gasteiger partial charge in [0.05, 0.1) is 5.56 Å². The first-order valence-corrected chi connectivity index (χ1v) is 7.21. The van der Waals surface area contributed by atoms with Gasteiger partial charge in [-0.3, -0.25) is 0 Å². The molecule has 1 atom stereocenters. The van der Waals surface area contributed by atoms with Crippen molar-refractivity contribution in [2.45, 2.75) is 17.4 Å². The lowest BCUT2D eigenvalue weighted by molar-refractivity contribution is -0.137. The fourth-order valence-electron chi connectivity index (χ4n) is 1.90. The highest BCUT2D eigenvalue weighted by Gasteiger charge is 2.30. The molecular formula is C15H11BrClF3. The molecule has 2 rings (SSSR count). The van der Waals surface area contributed by atoms with Gasteiger partial charge in [-0.25, -0.2) is 0 Å². The molecule has 0 saturated carbocycles. The Morgan fingerprint density at radius 3 is 2.40 bits per heavy atom. The van der Waals surface area contributed by atoms with Gasteiger partial charge in [0.25, 0.3) is 0 Å². The van der Waals surface area contributed by atoms with E-state index in [1.807, 2.05) is 18.2 Å². The van der Waals surface area contributed by atoms with Crippen LogP contribution in [0.25, 0.3) is 0 Å². The van der Waals surface area contributed by atoms with Gasteiger partial charge in [-0.15, -0.1) is 0 Å². The molecule has 0 heterocycles. The molecule has 5 heteroatoms. The smallest absolute Gasteiger partial charge is 0.166 e. The summed E-state index contributed by atoms with van der Waals surface area (Å²) in [4.78, 5) is -0.191. The third-order valence-corrected chi connectivity index (χ3v) is 3.97. The SMILES string of the molecule is FC(F)(F)c1cccc(C(Br)Cc2cccc(Cl)c2)c1. The summed E-state index contributed by atoms with van der Waals surface area (Å²) in [7, 11) is 0. The summed E-state index contributed by atoms with van der Waals surface area (Å²) >= 11 is 9.33. The molecule has 0 N–H and O–H groups in total. The van der Waals surface area contributed by atoms with Crippen molar-refractivity contribution in [2.75, 3.05) is 0 Å². The zero-order chi connectivity index (χ0) is 14.8. The van der Waals surface area contributed by atoms with E-state index in [1.165, 1.54) is 12.1 Å². The summed E-state index contributed by atoms with van der Waals surface area (Å²) in [6, 6.07) is 12.6. The minimum absolute atomic E-state index is 0.191. The Bertz CT molecular complexity index is 596. The van der Waals surface area contributed by atoms with Crippen molar-refractivity contribution in [3.63, 3.8) is 0 Å². The average molecular weight is 364 g/mol. The fourth-order valence-corrected chi connectivity index (χ4v) is 2.77. The fraction of sp³-hybridized carbons (Fsp3) is 0.200. The van der Waals surface area contributed by atoms with Crippen LogP contribution in [0.4, 0.5) is 13.2 Å². The molecule has 20 heavy (non-hydrogen) atoms. The first-order chi connectivity index (χ1) is 9.36.